The fraction of sp³-hybridized carbons (Fsp3) is 0.417. The molecule has 2 aromatic heterocycles. The Labute approximate surface area is 107 Å². The first-order valence-electron chi connectivity index (χ1n) is 5.90. The lowest BCUT2D eigenvalue weighted by Gasteiger charge is -2.03. The topological polar surface area (TPSA) is 63.5 Å². The van der Waals surface area contributed by atoms with E-state index in [1.807, 2.05) is 32.2 Å². The van der Waals surface area contributed by atoms with E-state index in [1.165, 1.54) is 0 Å². The molecule has 0 atom stereocenters. The SMILES string of the molecule is CCCNS(=O)(=O)c1nc(C)n2ccc(C)cc12. The van der Waals surface area contributed by atoms with Gasteiger partial charge in [-0.05, 0) is 38.0 Å². The van der Waals surface area contributed by atoms with Crippen LogP contribution in [0.15, 0.2) is 23.4 Å². The standard InChI is InChI=1S/C12H17N3O2S/c1-4-6-13-18(16,17)12-11-8-9(2)5-7-15(11)10(3)14-12/h5,7-8,13H,4,6H2,1-3H3. The van der Waals surface area contributed by atoms with Crippen molar-refractivity contribution in [2.75, 3.05) is 6.54 Å². The second kappa shape index (κ2) is 4.70. The van der Waals surface area contributed by atoms with E-state index in [2.05, 4.69) is 9.71 Å². The van der Waals surface area contributed by atoms with Crippen molar-refractivity contribution in [3.8, 4) is 0 Å². The first-order chi connectivity index (χ1) is 8.45. The van der Waals surface area contributed by atoms with Gasteiger partial charge in [-0.15, -0.1) is 0 Å². The van der Waals surface area contributed by atoms with Crippen LogP contribution in [0, 0.1) is 13.8 Å². The normalized spacial score (nSPS) is 12.2. The molecule has 0 amide bonds. The lowest BCUT2D eigenvalue weighted by Crippen LogP contribution is -2.24. The maximum Gasteiger partial charge on any atom is 0.260 e. The predicted molar refractivity (Wildman–Crippen MR) is 70.1 cm³/mol. The zero-order valence-corrected chi connectivity index (χ0v) is 11.6. The summed E-state index contributed by atoms with van der Waals surface area (Å²) in [5.74, 6) is 0.668. The Morgan fingerprint density at radius 2 is 2.11 bits per heavy atom. The molecule has 0 aliphatic carbocycles. The number of aryl methyl sites for hydroxylation is 2. The maximum atomic E-state index is 12.1. The smallest absolute Gasteiger partial charge is 0.260 e. The van der Waals surface area contributed by atoms with E-state index >= 15 is 0 Å². The third-order valence-electron chi connectivity index (χ3n) is 2.74. The van der Waals surface area contributed by atoms with Crippen molar-refractivity contribution in [2.24, 2.45) is 0 Å². The van der Waals surface area contributed by atoms with Crippen LogP contribution in [-0.2, 0) is 10.0 Å². The zero-order valence-electron chi connectivity index (χ0n) is 10.8. The van der Waals surface area contributed by atoms with E-state index < -0.39 is 10.0 Å². The number of sulfonamides is 1. The number of hydrogen-bond acceptors (Lipinski definition) is 3. The average Bonchev–Trinajstić information content (AvgIpc) is 2.64. The summed E-state index contributed by atoms with van der Waals surface area (Å²) in [6.45, 7) is 6.06. The zero-order chi connectivity index (χ0) is 13.3. The molecule has 2 aromatic rings. The van der Waals surface area contributed by atoms with Gasteiger partial charge in [0, 0.05) is 12.7 Å². The molecular weight excluding hydrogens is 250 g/mol. The lowest BCUT2D eigenvalue weighted by atomic mass is 10.3. The molecule has 0 aliphatic heterocycles. The van der Waals surface area contributed by atoms with Crippen molar-refractivity contribution in [1.82, 2.24) is 14.1 Å². The van der Waals surface area contributed by atoms with E-state index in [4.69, 9.17) is 0 Å². The van der Waals surface area contributed by atoms with E-state index in [1.54, 1.807) is 11.3 Å². The van der Waals surface area contributed by atoms with Crippen LogP contribution in [0.1, 0.15) is 24.7 Å². The Balaban J connectivity index is 2.61. The average molecular weight is 267 g/mol. The molecule has 0 saturated carbocycles. The summed E-state index contributed by atoms with van der Waals surface area (Å²) < 4.78 is 28.6. The minimum absolute atomic E-state index is 0.108. The van der Waals surface area contributed by atoms with Crippen molar-refractivity contribution in [2.45, 2.75) is 32.2 Å². The van der Waals surface area contributed by atoms with Gasteiger partial charge in [-0.25, -0.2) is 18.1 Å². The van der Waals surface area contributed by atoms with E-state index in [0.717, 1.165) is 12.0 Å². The monoisotopic (exact) mass is 267 g/mol. The number of aromatic nitrogens is 2. The molecule has 0 spiro atoms. The van der Waals surface area contributed by atoms with Crippen molar-refractivity contribution in [3.63, 3.8) is 0 Å². The molecule has 0 saturated heterocycles. The van der Waals surface area contributed by atoms with Gasteiger partial charge in [0.15, 0.2) is 5.03 Å². The molecule has 0 unspecified atom stereocenters. The molecule has 2 heterocycles. The Morgan fingerprint density at radius 3 is 2.78 bits per heavy atom. The third-order valence-corrected chi connectivity index (χ3v) is 4.13. The van der Waals surface area contributed by atoms with Crippen LogP contribution < -0.4 is 4.72 Å². The van der Waals surface area contributed by atoms with Gasteiger partial charge in [0.2, 0.25) is 0 Å². The minimum Gasteiger partial charge on any atom is -0.303 e. The highest BCUT2D eigenvalue weighted by Gasteiger charge is 2.21. The molecule has 0 radical (unpaired) electrons. The van der Waals surface area contributed by atoms with E-state index in [9.17, 15) is 8.42 Å². The Hall–Kier alpha value is -1.40. The third kappa shape index (κ3) is 2.26. The number of nitrogens with zero attached hydrogens (tertiary/aromatic N) is 2. The molecule has 2 rings (SSSR count). The molecule has 0 aromatic carbocycles. The first kappa shape index (κ1) is 13.0. The van der Waals surface area contributed by atoms with Crippen LogP contribution >= 0.6 is 0 Å². The van der Waals surface area contributed by atoms with E-state index in [-0.39, 0.29) is 5.03 Å². The largest absolute Gasteiger partial charge is 0.303 e. The van der Waals surface area contributed by atoms with Gasteiger partial charge in [0.05, 0.1) is 5.52 Å². The Kier molecular flexibility index (Phi) is 3.41. The number of pyridine rings is 1. The highest BCUT2D eigenvalue weighted by atomic mass is 32.2. The summed E-state index contributed by atoms with van der Waals surface area (Å²) in [5, 5.41) is 0.108. The number of fused-ring (bicyclic) bond motifs is 1. The van der Waals surface area contributed by atoms with Crippen molar-refractivity contribution in [3.05, 3.63) is 29.7 Å². The highest BCUT2D eigenvalue weighted by molar-refractivity contribution is 7.89. The second-order valence-corrected chi connectivity index (χ2v) is 6.00. The number of nitrogens with one attached hydrogen (secondary N) is 1. The number of hydrogen-bond donors (Lipinski definition) is 1. The summed E-state index contributed by atoms with van der Waals surface area (Å²) >= 11 is 0. The van der Waals surface area contributed by atoms with Gasteiger partial charge in [0.1, 0.15) is 5.82 Å². The van der Waals surface area contributed by atoms with Crippen LogP contribution in [-0.4, -0.2) is 24.3 Å². The van der Waals surface area contributed by atoms with Crippen LogP contribution in [0.5, 0.6) is 0 Å². The fourth-order valence-electron chi connectivity index (χ4n) is 1.81. The van der Waals surface area contributed by atoms with Crippen molar-refractivity contribution in [1.29, 1.82) is 0 Å². The van der Waals surface area contributed by atoms with Gasteiger partial charge >= 0.3 is 0 Å². The molecule has 5 nitrogen and oxygen atoms in total. The van der Waals surface area contributed by atoms with Gasteiger partial charge < -0.3 is 4.40 Å². The Bertz CT molecular complexity index is 674. The van der Waals surface area contributed by atoms with Gasteiger partial charge in [0.25, 0.3) is 10.0 Å². The van der Waals surface area contributed by atoms with Crippen LogP contribution in [0.3, 0.4) is 0 Å². The van der Waals surface area contributed by atoms with Gasteiger partial charge in [-0.2, -0.15) is 0 Å². The Morgan fingerprint density at radius 1 is 1.39 bits per heavy atom. The lowest BCUT2D eigenvalue weighted by molar-refractivity contribution is 0.578. The maximum absolute atomic E-state index is 12.1. The summed E-state index contributed by atoms with van der Waals surface area (Å²) in [4.78, 5) is 4.17. The van der Waals surface area contributed by atoms with Crippen LogP contribution in [0.25, 0.3) is 5.52 Å². The molecule has 0 fully saturated rings. The number of rotatable bonds is 4. The molecule has 1 N–H and O–H groups in total. The van der Waals surface area contributed by atoms with Crippen molar-refractivity contribution < 1.29 is 8.42 Å². The molecule has 0 aliphatic rings. The fourth-order valence-corrected chi connectivity index (χ4v) is 3.11. The summed E-state index contributed by atoms with van der Waals surface area (Å²) in [7, 11) is -3.53. The van der Waals surface area contributed by atoms with Crippen molar-refractivity contribution >= 4 is 15.5 Å². The summed E-state index contributed by atoms with van der Waals surface area (Å²) in [5.41, 5.74) is 1.63. The quantitative estimate of drug-likeness (QED) is 0.916. The summed E-state index contributed by atoms with van der Waals surface area (Å²) in [6, 6.07) is 3.76. The second-order valence-electron chi connectivity index (χ2n) is 4.32. The van der Waals surface area contributed by atoms with Gasteiger partial charge in [-0.1, -0.05) is 6.92 Å². The minimum atomic E-state index is -3.53. The molecular formula is C12H17N3O2S. The predicted octanol–water partition coefficient (Wildman–Crippen LogP) is 1.64. The molecule has 0 bridgehead atoms. The molecule has 98 valence electrons. The molecule has 6 heteroatoms. The van der Waals surface area contributed by atoms with E-state index in [0.29, 0.717) is 17.9 Å². The van der Waals surface area contributed by atoms with Crippen LogP contribution in [0.2, 0.25) is 0 Å². The summed E-state index contributed by atoms with van der Waals surface area (Å²) in [6.07, 6.45) is 2.59. The number of imidazole rings is 1. The van der Waals surface area contributed by atoms with Crippen LogP contribution in [0.4, 0.5) is 0 Å². The highest BCUT2D eigenvalue weighted by Crippen LogP contribution is 2.18. The molecule has 18 heavy (non-hydrogen) atoms. The first-order valence-corrected chi connectivity index (χ1v) is 7.39. The van der Waals surface area contributed by atoms with Gasteiger partial charge in [-0.3, -0.25) is 0 Å².